The summed E-state index contributed by atoms with van der Waals surface area (Å²) >= 11 is 0. The number of rotatable bonds is 3. The molecule has 0 saturated heterocycles. The third kappa shape index (κ3) is 4.12. The van der Waals surface area contributed by atoms with Crippen LogP contribution < -0.4 is 4.90 Å². The number of ketones is 2. The predicted octanol–water partition coefficient (Wildman–Crippen LogP) is 3.36. The van der Waals surface area contributed by atoms with Crippen LogP contribution >= 0.6 is 0 Å². The van der Waals surface area contributed by atoms with E-state index in [0.29, 0.717) is 5.82 Å². The fourth-order valence-electron chi connectivity index (χ4n) is 4.06. The lowest BCUT2D eigenvalue weighted by Crippen LogP contribution is -2.41. The number of carbonyl (C=O) groups is 3. The summed E-state index contributed by atoms with van der Waals surface area (Å²) in [6, 6.07) is 9.09. The molecule has 0 bridgehead atoms. The van der Waals surface area contributed by atoms with Crippen LogP contribution in [0.1, 0.15) is 47.9 Å². The molecule has 29 heavy (non-hydrogen) atoms. The molecule has 5 heteroatoms. The van der Waals surface area contributed by atoms with Gasteiger partial charge in [-0.05, 0) is 61.7 Å². The Morgan fingerprint density at radius 1 is 1.10 bits per heavy atom. The average Bonchev–Trinajstić information content (AvgIpc) is 2.69. The second-order valence-corrected chi connectivity index (χ2v) is 7.45. The summed E-state index contributed by atoms with van der Waals surface area (Å²) in [5, 5.41) is 0. The highest BCUT2D eigenvalue weighted by atomic mass is 16.2. The average molecular weight is 388 g/mol. The van der Waals surface area contributed by atoms with Crippen LogP contribution in [0.15, 0.2) is 36.5 Å². The van der Waals surface area contributed by atoms with Gasteiger partial charge in [0.1, 0.15) is 23.3 Å². The fourth-order valence-corrected chi connectivity index (χ4v) is 4.06. The number of hydrogen-bond acceptors (Lipinski definition) is 4. The molecule has 1 amide bonds. The van der Waals surface area contributed by atoms with Gasteiger partial charge in [0.15, 0.2) is 0 Å². The van der Waals surface area contributed by atoms with Crippen molar-refractivity contribution in [2.75, 3.05) is 11.9 Å². The maximum absolute atomic E-state index is 13.0. The molecule has 2 aromatic rings. The monoisotopic (exact) mass is 388 g/mol. The maximum atomic E-state index is 13.0. The fraction of sp³-hybridized carbons (Fsp3) is 0.333. The molecule has 5 nitrogen and oxygen atoms in total. The standard InChI is InChI=1S/C24H24N2O3/c1-5-8-17-11-15(2)22(16(3)12-17)23-19(27)13-18(14-20(23)28)24(29)26(4)21-9-6-7-10-25-21/h6-7,9-12,18,23H,13-14H2,1-4H3. The van der Waals surface area contributed by atoms with Crippen LogP contribution in [-0.2, 0) is 14.4 Å². The van der Waals surface area contributed by atoms with Gasteiger partial charge >= 0.3 is 0 Å². The van der Waals surface area contributed by atoms with Gasteiger partial charge in [-0.2, -0.15) is 0 Å². The van der Waals surface area contributed by atoms with Crippen molar-refractivity contribution in [3.63, 3.8) is 0 Å². The van der Waals surface area contributed by atoms with E-state index < -0.39 is 11.8 Å². The first-order chi connectivity index (χ1) is 13.8. The van der Waals surface area contributed by atoms with E-state index in [-0.39, 0.29) is 30.3 Å². The summed E-state index contributed by atoms with van der Waals surface area (Å²) in [6.07, 6.45) is 1.72. The lowest BCUT2D eigenvalue weighted by atomic mass is 9.74. The van der Waals surface area contributed by atoms with E-state index in [2.05, 4.69) is 16.8 Å². The number of nitrogens with zero attached hydrogens (tertiary/aromatic N) is 2. The first-order valence-electron chi connectivity index (χ1n) is 9.61. The Kier molecular flexibility index (Phi) is 5.93. The van der Waals surface area contributed by atoms with Crippen LogP contribution in [0.2, 0.25) is 0 Å². The molecule has 1 fully saturated rings. The van der Waals surface area contributed by atoms with Gasteiger partial charge in [-0.3, -0.25) is 19.3 Å². The zero-order valence-corrected chi connectivity index (χ0v) is 17.2. The predicted molar refractivity (Wildman–Crippen MR) is 112 cm³/mol. The highest BCUT2D eigenvalue weighted by Gasteiger charge is 2.41. The Labute approximate surface area is 171 Å². The second kappa shape index (κ2) is 8.40. The first kappa shape index (κ1) is 20.5. The van der Waals surface area contributed by atoms with Crippen molar-refractivity contribution < 1.29 is 14.4 Å². The summed E-state index contributed by atoms with van der Waals surface area (Å²) in [7, 11) is 1.62. The molecular formula is C24H24N2O3. The van der Waals surface area contributed by atoms with Crippen LogP contribution in [-0.4, -0.2) is 29.5 Å². The van der Waals surface area contributed by atoms with E-state index in [1.165, 1.54) is 4.90 Å². The van der Waals surface area contributed by atoms with Crippen LogP contribution in [0.3, 0.4) is 0 Å². The number of hydrogen-bond donors (Lipinski definition) is 0. The molecule has 1 aromatic carbocycles. The van der Waals surface area contributed by atoms with Gasteiger partial charge in [0.25, 0.3) is 0 Å². The van der Waals surface area contributed by atoms with E-state index >= 15 is 0 Å². The van der Waals surface area contributed by atoms with Crippen molar-refractivity contribution in [1.82, 2.24) is 4.98 Å². The van der Waals surface area contributed by atoms with Gasteiger partial charge in [-0.1, -0.05) is 12.0 Å². The lowest BCUT2D eigenvalue weighted by Gasteiger charge is -2.30. The lowest BCUT2D eigenvalue weighted by molar-refractivity contribution is -0.138. The van der Waals surface area contributed by atoms with Crippen molar-refractivity contribution in [3.05, 3.63) is 58.8 Å². The van der Waals surface area contributed by atoms with Gasteiger partial charge in [-0.15, -0.1) is 5.92 Å². The van der Waals surface area contributed by atoms with Crippen LogP contribution in [0.4, 0.5) is 5.82 Å². The Balaban J connectivity index is 1.84. The Morgan fingerprint density at radius 3 is 2.24 bits per heavy atom. The van der Waals surface area contributed by atoms with Gasteiger partial charge in [0, 0.05) is 31.6 Å². The number of benzene rings is 1. The number of carbonyl (C=O) groups excluding carboxylic acids is 3. The molecule has 1 aliphatic rings. The molecular weight excluding hydrogens is 364 g/mol. The van der Waals surface area contributed by atoms with Gasteiger partial charge in [0.05, 0.1) is 5.92 Å². The third-order valence-electron chi connectivity index (χ3n) is 5.36. The number of amides is 1. The molecule has 0 N–H and O–H groups in total. The summed E-state index contributed by atoms with van der Waals surface area (Å²) in [5.41, 5.74) is 3.38. The van der Waals surface area contributed by atoms with E-state index in [4.69, 9.17) is 0 Å². The van der Waals surface area contributed by atoms with E-state index in [0.717, 1.165) is 22.3 Å². The number of pyridine rings is 1. The summed E-state index contributed by atoms with van der Waals surface area (Å²) in [6.45, 7) is 5.57. The van der Waals surface area contributed by atoms with Crippen molar-refractivity contribution in [3.8, 4) is 11.8 Å². The minimum absolute atomic E-state index is 0.0574. The van der Waals surface area contributed by atoms with E-state index in [1.54, 1.807) is 38.4 Å². The normalized spacial score (nSPS) is 18.8. The van der Waals surface area contributed by atoms with Crippen molar-refractivity contribution in [2.45, 2.75) is 39.5 Å². The minimum atomic E-state index is -0.803. The van der Waals surface area contributed by atoms with Gasteiger partial charge in [0.2, 0.25) is 5.91 Å². The van der Waals surface area contributed by atoms with Crippen molar-refractivity contribution in [2.24, 2.45) is 5.92 Å². The second-order valence-electron chi connectivity index (χ2n) is 7.45. The SMILES string of the molecule is CC#Cc1cc(C)c(C2C(=O)CC(C(=O)N(C)c3ccccn3)CC2=O)c(C)c1. The molecule has 0 spiro atoms. The van der Waals surface area contributed by atoms with E-state index in [1.807, 2.05) is 26.0 Å². The number of Topliss-reactive ketones (excluding diaryl/α,β-unsaturated/α-hetero) is 2. The zero-order chi connectivity index (χ0) is 21.1. The van der Waals surface area contributed by atoms with Crippen LogP contribution in [0, 0.1) is 31.6 Å². The molecule has 1 saturated carbocycles. The summed E-state index contributed by atoms with van der Waals surface area (Å²) in [5.74, 6) is 4.27. The van der Waals surface area contributed by atoms with Gasteiger partial charge < -0.3 is 0 Å². The molecule has 0 atom stereocenters. The van der Waals surface area contributed by atoms with Crippen molar-refractivity contribution in [1.29, 1.82) is 0 Å². The molecule has 1 aliphatic carbocycles. The molecule has 3 rings (SSSR count). The molecule has 148 valence electrons. The molecule has 1 heterocycles. The quantitative estimate of drug-likeness (QED) is 0.597. The smallest absolute Gasteiger partial charge is 0.231 e. The minimum Gasteiger partial charge on any atom is -0.300 e. The van der Waals surface area contributed by atoms with Crippen LogP contribution in [0.5, 0.6) is 0 Å². The Hall–Kier alpha value is -3.26. The topological polar surface area (TPSA) is 67.3 Å². The Morgan fingerprint density at radius 2 is 1.72 bits per heavy atom. The number of anilines is 1. The summed E-state index contributed by atoms with van der Waals surface area (Å²) in [4.78, 5) is 44.4. The first-order valence-corrected chi connectivity index (χ1v) is 9.61. The maximum Gasteiger partial charge on any atom is 0.231 e. The van der Waals surface area contributed by atoms with Crippen molar-refractivity contribution >= 4 is 23.3 Å². The highest BCUT2D eigenvalue weighted by Crippen LogP contribution is 2.35. The molecule has 1 aromatic heterocycles. The largest absolute Gasteiger partial charge is 0.300 e. The van der Waals surface area contributed by atoms with E-state index in [9.17, 15) is 14.4 Å². The number of aryl methyl sites for hydroxylation is 2. The van der Waals surface area contributed by atoms with Gasteiger partial charge in [-0.25, -0.2) is 4.98 Å². The highest BCUT2D eigenvalue weighted by molar-refractivity contribution is 6.13. The molecule has 0 aliphatic heterocycles. The van der Waals surface area contributed by atoms with Crippen LogP contribution in [0.25, 0.3) is 0 Å². The Bertz CT molecular complexity index is 990. The molecule has 0 radical (unpaired) electrons. The molecule has 0 unspecified atom stereocenters. The number of aromatic nitrogens is 1. The summed E-state index contributed by atoms with van der Waals surface area (Å²) < 4.78 is 0. The zero-order valence-electron chi connectivity index (χ0n) is 17.2. The third-order valence-corrected chi connectivity index (χ3v) is 5.36.